The molecule has 0 aromatic heterocycles. The molecule has 0 saturated heterocycles. The molecular formula is C43H66O6. The quantitative estimate of drug-likeness (QED) is 0.111. The lowest BCUT2D eigenvalue weighted by molar-refractivity contribution is -0.137. The van der Waals surface area contributed by atoms with Gasteiger partial charge in [0.05, 0.1) is 0 Å². The van der Waals surface area contributed by atoms with Crippen LogP contribution in [0.25, 0.3) is 0 Å². The fraction of sp³-hybridized carbons (Fsp3) is 0.698. The van der Waals surface area contributed by atoms with Crippen LogP contribution in [0.5, 0.6) is 23.0 Å². The molecule has 0 aliphatic carbocycles. The van der Waals surface area contributed by atoms with E-state index in [9.17, 15) is 9.90 Å². The van der Waals surface area contributed by atoms with Crippen LogP contribution in [0.2, 0.25) is 0 Å². The summed E-state index contributed by atoms with van der Waals surface area (Å²) in [5.41, 5.74) is 2.09. The molecule has 2 aromatic carbocycles. The summed E-state index contributed by atoms with van der Waals surface area (Å²) < 4.78 is 25.7. The number of benzene rings is 2. The van der Waals surface area contributed by atoms with E-state index < -0.39 is 12.1 Å². The molecule has 0 saturated carbocycles. The van der Waals surface area contributed by atoms with Crippen molar-refractivity contribution in [2.75, 3.05) is 6.61 Å². The van der Waals surface area contributed by atoms with Crippen molar-refractivity contribution in [2.24, 2.45) is 0 Å². The molecule has 1 N–H and O–H groups in total. The number of hydrogen-bond donors (Lipinski definition) is 1. The highest BCUT2D eigenvalue weighted by Crippen LogP contribution is 2.39. The van der Waals surface area contributed by atoms with E-state index in [1.807, 2.05) is 24.3 Å². The summed E-state index contributed by atoms with van der Waals surface area (Å²) in [7, 11) is 0. The fourth-order valence-electron chi connectivity index (χ4n) is 7.40. The second kappa shape index (κ2) is 20.1. The molecule has 2 aliphatic rings. The van der Waals surface area contributed by atoms with Crippen LogP contribution in [0.3, 0.4) is 0 Å². The van der Waals surface area contributed by atoms with Crippen molar-refractivity contribution in [3.8, 4) is 23.0 Å². The first kappa shape index (κ1) is 38.9. The Labute approximate surface area is 297 Å². The highest BCUT2D eigenvalue weighted by atomic mass is 16.5. The number of carboxylic acids is 1. The molecule has 3 atom stereocenters. The number of unbranched alkanes of at least 4 members (excludes halogenated alkanes) is 12. The normalized spacial score (nSPS) is 20.4. The number of rotatable bonds is 24. The molecular weight excluding hydrogens is 612 g/mol. The lowest BCUT2D eigenvalue weighted by Gasteiger charge is -2.36. The first-order valence-corrected chi connectivity index (χ1v) is 19.9. The predicted molar refractivity (Wildman–Crippen MR) is 200 cm³/mol. The van der Waals surface area contributed by atoms with Crippen LogP contribution in [0.4, 0.5) is 0 Å². The van der Waals surface area contributed by atoms with Gasteiger partial charge in [0.15, 0.2) is 0 Å². The van der Waals surface area contributed by atoms with Crippen LogP contribution in [-0.4, -0.2) is 35.0 Å². The molecule has 0 bridgehead atoms. The van der Waals surface area contributed by atoms with E-state index in [2.05, 4.69) is 39.8 Å². The van der Waals surface area contributed by atoms with E-state index in [-0.39, 0.29) is 24.2 Å². The summed E-state index contributed by atoms with van der Waals surface area (Å²) in [6.07, 6.45) is 24.4. The smallest absolute Gasteiger partial charge is 0.303 e. The third-order valence-electron chi connectivity index (χ3n) is 10.7. The Morgan fingerprint density at radius 2 is 1.18 bits per heavy atom. The molecule has 6 nitrogen and oxygen atoms in total. The average Bonchev–Trinajstić information content (AvgIpc) is 3.08. The monoisotopic (exact) mass is 678 g/mol. The number of hydrogen-bond acceptors (Lipinski definition) is 5. The Kier molecular flexibility index (Phi) is 15.9. The van der Waals surface area contributed by atoms with E-state index in [0.717, 1.165) is 67.1 Å². The van der Waals surface area contributed by atoms with Gasteiger partial charge in [0.2, 0.25) is 0 Å². The third kappa shape index (κ3) is 13.4. The van der Waals surface area contributed by atoms with Gasteiger partial charge in [0.25, 0.3) is 0 Å². The van der Waals surface area contributed by atoms with Gasteiger partial charge >= 0.3 is 5.97 Å². The van der Waals surface area contributed by atoms with Gasteiger partial charge in [0, 0.05) is 6.42 Å². The van der Waals surface area contributed by atoms with Gasteiger partial charge in [-0.3, -0.25) is 4.79 Å². The van der Waals surface area contributed by atoms with Crippen molar-refractivity contribution >= 4 is 5.97 Å². The maximum absolute atomic E-state index is 11.5. The minimum Gasteiger partial charge on any atom is -0.490 e. The summed E-state index contributed by atoms with van der Waals surface area (Å²) in [5.74, 6) is 2.56. The van der Waals surface area contributed by atoms with Crippen LogP contribution in [0.15, 0.2) is 36.4 Å². The van der Waals surface area contributed by atoms with E-state index >= 15 is 0 Å². The molecule has 274 valence electrons. The molecule has 2 aliphatic heterocycles. The number of fused-ring (bicyclic) bond motifs is 2. The van der Waals surface area contributed by atoms with Crippen molar-refractivity contribution in [2.45, 2.75) is 186 Å². The highest BCUT2D eigenvalue weighted by molar-refractivity contribution is 5.66. The number of aryl methyl sites for hydroxylation is 2. The zero-order valence-corrected chi connectivity index (χ0v) is 31.3. The van der Waals surface area contributed by atoms with Crippen LogP contribution < -0.4 is 18.9 Å². The van der Waals surface area contributed by atoms with Crippen LogP contribution in [0.1, 0.15) is 167 Å². The van der Waals surface area contributed by atoms with Gasteiger partial charge in [-0.1, -0.05) is 90.9 Å². The van der Waals surface area contributed by atoms with Crippen LogP contribution in [-0.2, 0) is 17.6 Å². The lowest BCUT2D eigenvalue weighted by atomic mass is 9.88. The van der Waals surface area contributed by atoms with E-state index in [0.29, 0.717) is 6.42 Å². The summed E-state index contributed by atoms with van der Waals surface area (Å²) in [6.45, 7) is 9.30. The average molecular weight is 679 g/mol. The lowest BCUT2D eigenvalue weighted by Crippen LogP contribution is -2.36. The first-order valence-electron chi connectivity index (χ1n) is 19.9. The molecule has 0 radical (unpaired) electrons. The van der Waals surface area contributed by atoms with Crippen LogP contribution in [0, 0.1) is 0 Å². The zero-order valence-electron chi connectivity index (χ0n) is 31.3. The number of carbonyl (C=O) groups is 1. The van der Waals surface area contributed by atoms with Crippen molar-refractivity contribution in [1.82, 2.24) is 0 Å². The maximum atomic E-state index is 11.5. The second-order valence-corrected chi connectivity index (χ2v) is 15.4. The minimum atomic E-state index is -0.835. The molecule has 0 fully saturated rings. The molecule has 2 heterocycles. The molecule has 4 rings (SSSR count). The topological polar surface area (TPSA) is 74.2 Å². The van der Waals surface area contributed by atoms with E-state index in [4.69, 9.17) is 18.9 Å². The Bertz CT molecular complexity index is 1270. The summed E-state index contributed by atoms with van der Waals surface area (Å²) >= 11 is 0. The Balaban J connectivity index is 1.26. The van der Waals surface area contributed by atoms with Gasteiger partial charge < -0.3 is 24.1 Å². The SMILES string of the molecule is CCCCCCCCCC1(C)CCc2cc(OCC(CCC(=O)O)Oc3ccc4c(c3)CCC(C)(CCCCCCCCC)O4)ccc2O1. The summed E-state index contributed by atoms with van der Waals surface area (Å²) in [5, 5.41) is 9.41. The number of ether oxygens (including phenoxy) is 4. The summed E-state index contributed by atoms with van der Waals surface area (Å²) in [6, 6.07) is 12.1. The zero-order chi connectivity index (χ0) is 35.0. The van der Waals surface area contributed by atoms with Gasteiger partial charge in [-0.05, 0) is 119 Å². The Hall–Kier alpha value is -2.89. The van der Waals surface area contributed by atoms with Crippen molar-refractivity contribution in [3.05, 3.63) is 47.5 Å². The van der Waals surface area contributed by atoms with Gasteiger partial charge in [-0.2, -0.15) is 0 Å². The maximum Gasteiger partial charge on any atom is 0.303 e. The third-order valence-corrected chi connectivity index (χ3v) is 10.7. The summed E-state index contributed by atoms with van der Waals surface area (Å²) in [4.78, 5) is 11.5. The molecule has 49 heavy (non-hydrogen) atoms. The molecule has 0 spiro atoms. The molecule has 3 unspecified atom stereocenters. The van der Waals surface area contributed by atoms with Gasteiger partial charge in [-0.25, -0.2) is 0 Å². The second-order valence-electron chi connectivity index (χ2n) is 15.4. The van der Waals surface area contributed by atoms with E-state index in [1.165, 1.54) is 95.5 Å². The first-order chi connectivity index (χ1) is 23.7. The number of aliphatic carboxylic acids is 1. The minimum absolute atomic E-state index is 0.0222. The number of carboxylic acid groups (broad SMARTS) is 1. The molecule has 0 amide bonds. The largest absolute Gasteiger partial charge is 0.490 e. The predicted octanol–water partition coefficient (Wildman–Crippen LogP) is 11.8. The van der Waals surface area contributed by atoms with Gasteiger partial charge in [0.1, 0.15) is 46.9 Å². The standard InChI is InChI=1S/C43H66O6/c1-5-7-9-11-13-15-17-27-42(3)29-25-34-31-36(19-22-39(34)48-42)46-33-38(21-24-41(44)45)47-37-20-23-40-35(32-37)26-30-43(4,49-40)28-18-16-14-12-10-8-6-2/h19-20,22-23,31-32,38H,5-18,21,24-30,33H2,1-4H3,(H,44,45). The fourth-order valence-corrected chi connectivity index (χ4v) is 7.40. The van der Waals surface area contributed by atoms with Crippen molar-refractivity contribution in [1.29, 1.82) is 0 Å². The highest BCUT2D eigenvalue weighted by Gasteiger charge is 2.32. The van der Waals surface area contributed by atoms with Crippen molar-refractivity contribution in [3.63, 3.8) is 0 Å². The molecule has 2 aromatic rings. The Morgan fingerprint density at radius 3 is 1.69 bits per heavy atom. The van der Waals surface area contributed by atoms with Crippen LogP contribution >= 0.6 is 0 Å². The Morgan fingerprint density at radius 1 is 0.714 bits per heavy atom. The van der Waals surface area contributed by atoms with Gasteiger partial charge in [-0.15, -0.1) is 0 Å². The molecule has 6 heteroatoms. The van der Waals surface area contributed by atoms with Crippen molar-refractivity contribution < 1.29 is 28.8 Å². The van der Waals surface area contributed by atoms with E-state index in [1.54, 1.807) is 0 Å².